The lowest BCUT2D eigenvalue weighted by Gasteiger charge is -2.34. The summed E-state index contributed by atoms with van der Waals surface area (Å²) in [5.41, 5.74) is -0.940. The predicted octanol–water partition coefficient (Wildman–Crippen LogP) is 0.0555. The van der Waals surface area contributed by atoms with Crippen molar-refractivity contribution in [3.05, 3.63) is 28.2 Å². The number of anilines is 1. The van der Waals surface area contributed by atoms with Crippen LogP contribution in [0.15, 0.2) is 17.1 Å². The first kappa shape index (κ1) is 22.7. The maximum absolute atomic E-state index is 13.1. The Bertz CT molecular complexity index is 1250. The number of piperidine rings is 1. The van der Waals surface area contributed by atoms with Gasteiger partial charge in [-0.15, -0.1) is 6.42 Å². The van der Waals surface area contributed by atoms with Gasteiger partial charge >= 0.3 is 0 Å². The fraction of sp³-hybridized carbons (Fsp3) is 0.571. The highest BCUT2D eigenvalue weighted by atomic mass is 32.2. The van der Waals surface area contributed by atoms with Gasteiger partial charge in [0.05, 0.1) is 35.6 Å². The van der Waals surface area contributed by atoms with E-state index >= 15 is 0 Å². The van der Waals surface area contributed by atoms with Gasteiger partial charge in [0, 0.05) is 24.7 Å². The van der Waals surface area contributed by atoms with Crippen molar-refractivity contribution in [3.8, 4) is 12.3 Å². The molecule has 4 atom stereocenters. The standard InChI is InChI=1S/C21H27N5O5S/c1-4-13-10-14-11-22-20(23-15-7-9-25(12-16(15)27)32(3,30)31)24-18(14)26(19(13)28)17-6-5-8-21(17,2)29/h1,10-11,15-17,27,29H,5-9,12H2,2-3H3,(H,22,23,24)/t15-,16-,17-,21-/m1/s1. The minimum Gasteiger partial charge on any atom is -0.390 e. The first-order chi connectivity index (χ1) is 15.0. The van der Waals surface area contributed by atoms with E-state index in [2.05, 4.69) is 21.2 Å². The summed E-state index contributed by atoms with van der Waals surface area (Å²) >= 11 is 0. The summed E-state index contributed by atoms with van der Waals surface area (Å²) in [5, 5.41) is 24.9. The van der Waals surface area contributed by atoms with Crippen LogP contribution >= 0.6 is 0 Å². The molecule has 1 saturated heterocycles. The molecule has 11 heteroatoms. The molecule has 0 unspecified atom stereocenters. The molecule has 1 aliphatic carbocycles. The third kappa shape index (κ3) is 4.11. The number of aliphatic hydroxyl groups is 2. The van der Waals surface area contributed by atoms with Gasteiger partial charge in [-0.1, -0.05) is 5.92 Å². The second-order valence-electron chi connectivity index (χ2n) is 8.84. The van der Waals surface area contributed by atoms with E-state index in [1.54, 1.807) is 19.2 Å². The second kappa shape index (κ2) is 8.12. The maximum atomic E-state index is 13.1. The lowest BCUT2D eigenvalue weighted by molar-refractivity contribution is 0.0266. The molecule has 1 aliphatic heterocycles. The number of aromatic nitrogens is 3. The zero-order valence-electron chi connectivity index (χ0n) is 18.0. The topological polar surface area (TPSA) is 138 Å². The van der Waals surface area contributed by atoms with Crippen LogP contribution in [0.5, 0.6) is 0 Å². The molecule has 3 heterocycles. The average molecular weight is 462 g/mol. The number of nitrogens with one attached hydrogen (secondary N) is 1. The van der Waals surface area contributed by atoms with Crippen molar-refractivity contribution in [2.24, 2.45) is 0 Å². The highest BCUT2D eigenvalue weighted by Crippen LogP contribution is 2.39. The van der Waals surface area contributed by atoms with E-state index in [9.17, 15) is 23.4 Å². The number of pyridine rings is 1. The number of hydrogen-bond donors (Lipinski definition) is 3. The van der Waals surface area contributed by atoms with Crippen LogP contribution in [0, 0.1) is 12.3 Å². The van der Waals surface area contributed by atoms with E-state index in [1.807, 2.05) is 0 Å². The number of nitrogens with zero attached hydrogens (tertiary/aromatic N) is 4. The molecule has 2 aliphatic rings. The van der Waals surface area contributed by atoms with Crippen molar-refractivity contribution in [1.29, 1.82) is 0 Å². The van der Waals surface area contributed by atoms with Crippen molar-refractivity contribution in [1.82, 2.24) is 18.8 Å². The smallest absolute Gasteiger partial charge is 0.268 e. The number of terminal acetylenes is 1. The first-order valence-corrected chi connectivity index (χ1v) is 12.4. The van der Waals surface area contributed by atoms with E-state index in [1.165, 1.54) is 8.87 Å². The monoisotopic (exact) mass is 461 g/mol. The molecule has 2 aromatic rings. The lowest BCUT2D eigenvalue weighted by atomic mass is 9.99. The summed E-state index contributed by atoms with van der Waals surface area (Å²) in [6.45, 7) is 1.95. The van der Waals surface area contributed by atoms with E-state index in [0.717, 1.165) is 12.7 Å². The molecular weight excluding hydrogens is 434 g/mol. The number of aliphatic hydroxyl groups excluding tert-OH is 1. The van der Waals surface area contributed by atoms with Gasteiger partial charge in [0.25, 0.3) is 5.56 Å². The van der Waals surface area contributed by atoms with E-state index < -0.39 is 39.4 Å². The van der Waals surface area contributed by atoms with Crippen LogP contribution in [0.1, 0.15) is 44.2 Å². The van der Waals surface area contributed by atoms with Crippen LogP contribution in [0.25, 0.3) is 11.0 Å². The molecule has 172 valence electrons. The Labute approximate surface area is 186 Å². The largest absolute Gasteiger partial charge is 0.390 e. The molecule has 2 aromatic heterocycles. The third-order valence-electron chi connectivity index (χ3n) is 6.45. The van der Waals surface area contributed by atoms with Gasteiger partial charge in [0.1, 0.15) is 5.65 Å². The van der Waals surface area contributed by atoms with E-state index in [4.69, 9.17) is 6.42 Å². The summed E-state index contributed by atoms with van der Waals surface area (Å²) in [6.07, 6.45) is 9.57. The SMILES string of the molecule is C#Cc1cc2cnc(N[C@@H]3CCN(S(C)(=O)=O)C[C@H]3O)nc2n([C@@H]2CCC[C@@]2(C)O)c1=O. The maximum Gasteiger partial charge on any atom is 0.268 e. The van der Waals surface area contributed by atoms with E-state index in [0.29, 0.717) is 30.3 Å². The predicted molar refractivity (Wildman–Crippen MR) is 120 cm³/mol. The lowest BCUT2D eigenvalue weighted by Crippen LogP contribution is -2.51. The van der Waals surface area contributed by atoms with Crippen molar-refractivity contribution in [3.63, 3.8) is 0 Å². The van der Waals surface area contributed by atoms with Crippen LogP contribution in [-0.4, -0.2) is 74.6 Å². The zero-order valence-corrected chi connectivity index (χ0v) is 18.8. The van der Waals surface area contributed by atoms with E-state index in [-0.39, 0.29) is 24.6 Å². The Morgan fingerprint density at radius 1 is 1.38 bits per heavy atom. The number of β-amino-alcohol motifs (C(OH)–C–C–N with tert-alkyl or cyclic N) is 1. The second-order valence-corrected chi connectivity index (χ2v) is 10.8. The highest BCUT2D eigenvalue weighted by molar-refractivity contribution is 7.88. The van der Waals surface area contributed by atoms with Crippen LogP contribution < -0.4 is 10.9 Å². The molecule has 32 heavy (non-hydrogen) atoms. The van der Waals surface area contributed by atoms with Crippen LogP contribution in [0.2, 0.25) is 0 Å². The normalized spacial score (nSPS) is 29.2. The molecule has 0 amide bonds. The van der Waals surface area contributed by atoms with Crippen molar-refractivity contribution < 1.29 is 18.6 Å². The Kier molecular flexibility index (Phi) is 5.75. The fourth-order valence-corrected chi connectivity index (χ4v) is 5.52. The van der Waals surface area contributed by atoms with Crippen LogP contribution in [0.3, 0.4) is 0 Å². The minimum atomic E-state index is -3.39. The van der Waals surface area contributed by atoms with Crippen LogP contribution in [-0.2, 0) is 10.0 Å². The number of fused-ring (bicyclic) bond motifs is 1. The Hall–Kier alpha value is -2.52. The molecule has 2 fully saturated rings. The zero-order chi connectivity index (χ0) is 23.3. The van der Waals surface area contributed by atoms with Gasteiger partial charge < -0.3 is 15.5 Å². The van der Waals surface area contributed by atoms with Crippen LogP contribution in [0.4, 0.5) is 5.95 Å². The van der Waals surface area contributed by atoms with Gasteiger partial charge in [-0.2, -0.15) is 9.29 Å². The third-order valence-corrected chi connectivity index (χ3v) is 7.72. The van der Waals surface area contributed by atoms with Gasteiger partial charge in [-0.3, -0.25) is 9.36 Å². The molecule has 0 aromatic carbocycles. The average Bonchev–Trinajstić information content (AvgIpc) is 3.07. The van der Waals surface area contributed by atoms with Gasteiger partial charge in [0.2, 0.25) is 16.0 Å². The molecule has 0 bridgehead atoms. The molecule has 10 nitrogen and oxygen atoms in total. The number of sulfonamides is 1. The summed E-state index contributed by atoms with van der Waals surface area (Å²) in [6, 6.07) is 0.628. The molecule has 0 spiro atoms. The van der Waals surface area contributed by atoms with Crippen molar-refractivity contribution >= 4 is 27.0 Å². The molecule has 0 radical (unpaired) electrons. The highest BCUT2D eigenvalue weighted by Gasteiger charge is 2.40. The summed E-state index contributed by atoms with van der Waals surface area (Å²) < 4.78 is 26.2. The summed E-state index contributed by atoms with van der Waals surface area (Å²) in [5.74, 6) is 2.61. The molecule has 3 N–H and O–H groups in total. The van der Waals surface area contributed by atoms with Gasteiger partial charge in [0.15, 0.2) is 0 Å². The first-order valence-electron chi connectivity index (χ1n) is 10.5. The summed E-state index contributed by atoms with van der Waals surface area (Å²) in [7, 11) is -3.39. The van der Waals surface area contributed by atoms with Gasteiger partial charge in [-0.05, 0) is 38.7 Å². The Morgan fingerprint density at radius 2 is 2.12 bits per heavy atom. The molecule has 4 rings (SSSR count). The van der Waals surface area contributed by atoms with Crippen molar-refractivity contribution in [2.75, 3.05) is 24.7 Å². The van der Waals surface area contributed by atoms with Gasteiger partial charge in [-0.25, -0.2) is 13.4 Å². The summed E-state index contributed by atoms with van der Waals surface area (Å²) in [4.78, 5) is 21.9. The van der Waals surface area contributed by atoms with Crippen molar-refractivity contribution in [2.45, 2.75) is 56.4 Å². The fourth-order valence-electron chi connectivity index (χ4n) is 4.66. The Morgan fingerprint density at radius 3 is 2.72 bits per heavy atom. The molecular formula is C21H27N5O5S. The number of hydrogen-bond acceptors (Lipinski definition) is 8. The quantitative estimate of drug-likeness (QED) is 0.544. The number of rotatable bonds is 4. The Balaban J connectivity index is 1.71. The molecule has 1 saturated carbocycles. The minimum absolute atomic E-state index is 0.0226.